The number of nitrogens with zero attached hydrogens (tertiary/aromatic N) is 3. The van der Waals surface area contributed by atoms with Crippen LogP contribution in [0.5, 0.6) is 0 Å². The highest BCUT2D eigenvalue weighted by molar-refractivity contribution is 7.89. The lowest BCUT2D eigenvalue weighted by Crippen LogP contribution is -2.51. The Labute approximate surface area is 243 Å². The zero-order valence-electron chi connectivity index (χ0n) is 23.2. The van der Waals surface area contributed by atoms with Gasteiger partial charge < -0.3 is 5.11 Å². The van der Waals surface area contributed by atoms with Crippen LogP contribution in [0.3, 0.4) is 0 Å². The first-order valence-electron chi connectivity index (χ1n) is 13.1. The molecule has 10 nitrogen and oxygen atoms in total. The van der Waals surface area contributed by atoms with Gasteiger partial charge >= 0.3 is 0 Å². The minimum Gasteiger partial charge on any atom is -0.390 e. The SMILES string of the molecule is Cc1ccc(S(=O)(=O)N2CCN(S(=O)(=O)c3ccc(C)cc3)CC(O)CN(S(=O)(=O)c3ccc(C)cc3)CC2)cc1. The number of β-amino-alcohol motifs (C(OH)–C–C–N with tert-alkyl or cyclic N) is 1. The Hall–Kier alpha value is -2.65. The number of hydrogen-bond acceptors (Lipinski definition) is 7. The molecule has 0 bridgehead atoms. The molecule has 41 heavy (non-hydrogen) atoms. The Morgan fingerprint density at radius 3 is 1.02 bits per heavy atom. The third kappa shape index (κ3) is 7.05. The molecule has 3 aromatic rings. The maximum atomic E-state index is 13.7. The van der Waals surface area contributed by atoms with E-state index in [4.69, 9.17) is 0 Å². The van der Waals surface area contributed by atoms with Crippen molar-refractivity contribution in [2.75, 3.05) is 39.3 Å². The van der Waals surface area contributed by atoms with Crippen molar-refractivity contribution >= 4 is 30.1 Å². The molecule has 0 spiro atoms. The molecule has 1 N–H and O–H groups in total. The van der Waals surface area contributed by atoms with Crippen molar-refractivity contribution in [1.82, 2.24) is 12.9 Å². The number of aryl methyl sites for hydroxylation is 3. The van der Waals surface area contributed by atoms with Gasteiger partial charge in [0.2, 0.25) is 30.1 Å². The van der Waals surface area contributed by atoms with Crippen LogP contribution in [0.1, 0.15) is 16.7 Å². The molecular formula is C28H35N3O7S3. The second-order valence-corrected chi connectivity index (χ2v) is 16.0. The largest absolute Gasteiger partial charge is 0.390 e. The molecule has 0 saturated carbocycles. The van der Waals surface area contributed by atoms with Gasteiger partial charge in [-0.05, 0) is 57.2 Å². The summed E-state index contributed by atoms with van der Waals surface area (Å²) >= 11 is 0. The second-order valence-electron chi connectivity index (χ2n) is 10.2. The Balaban J connectivity index is 1.74. The van der Waals surface area contributed by atoms with Crippen molar-refractivity contribution in [2.45, 2.75) is 41.6 Å². The molecule has 3 aromatic carbocycles. The average Bonchev–Trinajstić information content (AvgIpc) is 2.92. The summed E-state index contributed by atoms with van der Waals surface area (Å²) in [6.07, 6.45) is -1.37. The predicted octanol–water partition coefficient (Wildman–Crippen LogP) is 2.36. The molecule has 1 fully saturated rings. The highest BCUT2D eigenvalue weighted by atomic mass is 32.2. The highest BCUT2D eigenvalue weighted by Gasteiger charge is 2.35. The van der Waals surface area contributed by atoms with E-state index in [0.717, 1.165) is 29.6 Å². The first kappa shape index (κ1) is 31.3. The van der Waals surface area contributed by atoms with Gasteiger partial charge in [-0.3, -0.25) is 0 Å². The Morgan fingerprint density at radius 2 is 0.732 bits per heavy atom. The van der Waals surface area contributed by atoms with Crippen LogP contribution in [0.2, 0.25) is 0 Å². The fourth-order valence-electron chi connectivity index (χ4n) is 4.52. The van der Waals surface area contributed by atoms with Crippen LogP contribution >= 0.6 is 0 Å². The van der Waals surface area contributed by atoms with Crippen LogP contribution < -0.4 is 0 Å². The molecule has 0 aromatic heterocycles. The van der Waals surface area contributed by atoms with E-state index in [1.165, 1.54) is 36.4 Å². The molecule has 4 rings (SSSR count). The maximum absolute atomic E-state index is 13.7. The fraction of sp³-hybridized carbons (Fsp3) is 0.357. The number of aliphatic hydroxyl groups is 1. The lowest BCUT2D eigenvalue weighted by Gasteiger charge is -2.33. The Morgan fingerprint density at radius 1 is 0.488 bits per heavy atom. The molecule has 222 valence electrons. The van der Waals surface area contributed by atoms with E-state index < -0.39 is 49.3 Å². The molecule has 1 saturated heterocycles. The van der Waals surface area contributed by atoms with Crippen LogP contribution in [0.15, 0.2) is 87.5 Å². The van der Waals surface area contributed by atoms with Gasteiger partial charge in [-0.25, -0.2) is 25.3 Å². The summed E-state index contributed by atoms with van der Waals surface area (Å²) in [6.45, 7) is 3.67. The first-order chi connectivity index (χ1) is 19.2. The molecule has 0 aliphatic carbocycles. The average molecular weight is 622 g/mol. The van der Waals surface area contributed by atoms with Gasteiger partial charge in [0.05, 0.1) is 20.8 Å². The van der Waals surface area contributed by atoms with Gasteiger partial charge in [0.25, 0.3) is 0 Å². The number of hydrogen-bond donors (Lipinski definition) is 1. The topological polar surface area (TPSA) is 132 Å². The number of rotatable bonds is 6. The van der Waals surface area contributed by atoms with E-state index in [-0.39, 0.29) is 40.9 Å². The summed E-state index contributed by atoms with van der Waals surface area (Å²) in [5, 5.41) is 11.0. The monoisotopic (exact) mass is 621 g/mol. The van der Waals surface area contributed by atoms with Crippen molar-refractivity contribution in [3.8, 4) is 0 Å². The molecule has 0 amide bonds. The molecule has 0 atom stereocenters. The lowest BCUT2D eigenvalue weighted by molar-refractivity contribution is 0.113. The fourth-order valence-corrected chi connectivity index (χ4v) is 8.88. The van der Waals surface area contributed by atoms with E-state index in [9.17, 15) is 30.4 Å². The number of sulfonamides is 3. The molecule has 0 radical (unpaired) electrons. The molecule has 1 aliphatic rings. The zero-order chi connectivity index (χ0) is 30.0. The van der Waals surface area contributed by atoms with Gasteiger partial charge in [-0.2, -0.15) is 12.9 Å². The molecule has 1 aliphatic heterocycles. The van der Waals surface area contributed by atoms with Crippen molar-refractivity contribution < 1.29 is 30.4 Å². The summed E-state index contributed by atoms with van der Waals surface area (Å²) in [5.41, 5.74) is 2.58. The summed E-state index contributed by atoms with van der Waals surface area (Å²) in [6, 6.07) is 18.6. The predicted molar refractivity (Wildman–Crippen MR) is 156 cm³/mol. The van der Waals surface area contributed by atoms with E-state index in [1.807, 2.05) is 20.8 Å². The van der Waals surface area contributed by atoms with Gasteiger partial charge in [-0.15, -0.1) is 0 Å². The van der Waals surface area contributed by atoms with Crippen LogP contribution in [-0.4, -0.2) is 88.6 Å². The van der Waals surface area contributed by atoms with E-state index in [0.29, 0.717) is 0 Å². The molecule has 13 heteroatoms. The maximum Gasteiger partial charge on any atom is 0.243 e. The molecule has 0 unspecified atom stereocenters. The van der Waals surface area contributed by atoms with Crippen LogP contribution in [-0.2, 0) is 30.1 Å². The van der Waals surface area contributed by atoms with Crippen LogP contribution in [0, 0.1) is 20.8 Å². The van der Waals surface area contributed by atoms with E-state index in [2.05, 4.69) is 0 Å². The summed E-state index contributed by atoms with van der Waals surface area (Å²) in [4.78, 5) is -0.00468. The minimum atomic E-state index is -4.14. The van der Waals surface area contributed by atoms with Crippen molar-refractivity contribution in [1.29, 1.82) is 0 Å². The lowest BCUT2D eigenvalue weighted by atomic mass is 10.2. The first-order valence-corrected chi connectivity index (χ1v) is 17.4. The van der Waals surface area contributed by atoms with Gasteiger partial charge in [0, 0.05) is 39.3 Å². The normalized spacial score (nSPS) is 17.9. The van der Waals surface area contributed by atoms with Crippen molar-refractivity contribution in [3.63, 3.8) is 0 Å². The van der Waals surface area contributed by atoms with Gasteiger partial charge in [0.15, 0.2) is 0 Å². The molecule has 1 heterocycles. The standard InChI is InChI=1S/C28H35N3O7S3/c1-22-4-10-26(11-5-22)39(33,34)29-16-18-30(40(35,36)27-12-6-23(2)7-13-27)20-25(32)21-31(19-17-29)41(37,38)28-14-8-24(3)9-15-28/h4-15,25,32H,16-21H2,1-3H3. The van der Waals surface area contributed by atoms with E-state index in [1.54, 1.807) is 36.4 Å². The summed E-state index contributed by atoms with van der Waals surface area (Å²) in [7, 11) is -12.4. The second kappa shape index (κ2) is 12.3. The smallest absolute Gasteiger partial charge is 0.243 e. The minimum absolute atomic E-state index is 0.00978. The van der Waals surface area contributed by atoms with E-state index >= 15 is 0 Å². The quantitative estimate of drug-likeness (QED) is 0.447. The number of aliphatic hydroxyl groups excluding tert-OH is 1. The van der Waals surface area contributed by atoms with Crippen molar-refractivity contribution in [3.05, 3.63) is 89.5 Å². The third-order valence-corrected chi connectivity index (χ3v) is 12.7. The Bertz CT molecular complexity index is 1580. The summed E-state index contributed by atoms with van der Waals surface area (Å²) < 4.78 is 85.0. The van der Waals surface area contributed by atoms with Crippen LogP contribution in [0.25, 0.3) is 0 Å². The number of benzene rings is 3. The van der Waals surface area contributed by atoms with Crippen LogP contribution in [0.4, 0.5) is 0 Å². The zero-order valence-corrected chi connectivity index (χ0v) is 25.7. The van der Waals surface area contributed by atoms with Gasteiger partial charge in [0.1, 0.15) is 0 Å². The van der Waals surface area contributed by atoms with Gasteiger partial charge in [-0.1, -0.05) is 53.1 Å². The summed E-state index contributed by atoms with van der Waals surface area (Å²) in [5.74, 6) is 0. The highest BCUT2D eigenvalue weighted by Crippen LogP contribution is 2.23. The Kier molecular flexibility index (Phi) is 9.38. The molecular weight excluding hydrogens is 587 g/mol. The van der Waals surface area contributed by atoms with Crippen molar-refractivity contribution in [2.24, 2.45) is 0 Å². The third-order valence-electron chi connectivity index (χ3n) is 7.00.